The molecule has 1 atom stereocenters. The number of hydrogen-bond acceptors (Lipinski definition) is 7. The third-order valence-corrected chi connectivity index (χ3v) is 5.49. The molecule has 0 aliphatic carbocycles. The van der Waals surface area contributed by atoms with Crippen LogP contribution in [0.25, 0.3) is 0 Å². The average molecular weight is 371 g/mol. The second-order valence-electron chi connectivity index (χ2n) is 7.45. The Morgan fingerprint density at radius 3 is 2.85 bits per heavy atom. The quantitative estimate of drug-likeness (QED) is 0.751. The fourth-order valence-electron chi connectivity index (χ4n) is 3.80. The highest BCUT2D eigenvalue weighted by molar-refractivity contribution is 5.44. The molecule has 2 aliphatic rings. The van der Waals surface area contributed by atoms with Gasteiger partial charge in [-0.05, 0) is 25.0 Å². The number of anilines is 2. The second kappa shape index (κ2) is 8.22. The van der Waals surface area contributed by atoms with Crippen LogP contribution in [0.15, 0.2) is 24.7 Å². The molecular formula is C19H29N7O. The molecule has 0 aromatic carbocycles. The Bertz CT molecular complexity index is 743. The lowest BCUT2D eigenvalue weighted by atomic mass is 10.2. The summed E-state index contributed by atoms with van der Waals surface area (Å²) in [5, 5.41) is 4.38. The van der Waals surface area contributed by atoms with Gasteiger partial charge < -0.3 is 14.5 Å². The maximum atomic E-state index is 5.43. The van der Waals surface area contributed by atoms with Gasteiger partial charge in [-0.1, -0.05) is 0 Å². The van der Waals surface area contributed by atoms with Gasteiger partial charge in [0.15, 0.2) is 0 Å². The van der Waals surface area contributed by atoms with Gasteiger partial charge in [0.2, 0.25) is 5.95 Å². The van der Waals surface area contributed by atoms with Crippen molar-refractivity contribution in [3.8, 4) is 0 Å². The first-order valence-corrected chi connectivity index (χ1v) is 9.79. The smallest absolute Gasteiger partial charge is 0.227 e. The van der Waals surface area contributed by atoms with E-state index in [1.807, 2.05) is 23.1 Å². The van der Waals surface area contributed by atoms with Gasteiger partial charge in [-0.15, -0.1) is 0 Å². The van der Waals surface area contributed by atoms with E-state index in [4.69, 9.17) is 9.72 Å². The minimum Gasteiger partial charge on any atom is -0.378 e. The Labute approximate surface area is 160 Å². The Morgan fingerprint density at radius 1 is 1.22 bits per heavy atom. The van der Waals surface area contributed by atoms with Crippen molar-refractivity contribution >= 4 is 11.8 Å². The van der Waals surface area contributed by atoms with Crippen LogP contribution >= 0.6 is 0 Å². The standard InChI is InChI=1S/C19H29N7O/c1-16-13-21-26(14-16)8-7-24-6-4-17(15-24)23(2)18-3-5-20-19(22-18)25-9-11-27-12-10-25/h3,5,13-14,17H,4,6-12,15H2,1-2H3. The molecule has 146 valence electrons. The second-order valence-corrected chi connectivity index (χ2v) is 7.45. The van der Waals surface area contributed by atoms with Crippen LogP contribution in [0, 0.1) is 6.92 Å². The van der Waals surface area contributed by atoms with Crippen LogP contribution < -0.4 is 9.80 Å². The van der Waals surface area contributed by atoms with Gasteiger partial charge in [-0.3, -0.25) is 9.58 Å². The number of nitrogens with zero attached hydrogens (tertiary/aromatic N) is 7. The van der Waals surface area contributed by atoms with Crippen LogP contribution in [-0.2, 0) is 11.3 Å². The van der Waals surface area contributed by atoms with Crippen LogP contribution in [-0.4, -0.2) is 83.7 Å². The number of morpholine rings is 1. The van der Waals surface area contributed by atoms with Crippen molar-refractivity contribution < 1.29 is 4.74 Å². The van der Waals surface area contributed by atoms with E-state index in [9.17, 15) is 0 Å². The number of likely N-dealkylation sites (tertiary alicyclic amines) is 1. The molecule has 0 N–H and O–H groups in total. The number of hydrogen-bond donors (Lipinski definition) is 0. The molecule has 4 rings (SSSR count). The lowest BCUT2D eigenvalue weighted by Crippen LogP contribution is -2.38. The van der Waals surface area contributed by atoms with Crippen molar-refractivity contribution in [2.75, 3.05) is 62.8 Å². The van der Waals surface area contributed by atoms with Crippen LogP contribution in [0.5, 0.6) is 0 Å². The number of likely N-dealkylation sites (N-methyl/N-ethyl adjacent to an activating group) is 1. The fraction of sp³-hybridized carbons (Fsp3) is 0.632. The molecule has 1 unspecified atom stereocenters. The highest BCUT2D eigenvalue weighted by atomic mass is 16.5. The molecule has 2 aromatic rings. The van der Waals surface area contributed by atoms with Gasteiger partial charge in [0.1, 0.15) is 5.82 Å². The van der Waals surface area contributed by atoms with Crippen molar-refractivity contribution in [2.45, 2.75) is 25.9 Å². The molecule has 0 radical (unpaired) electrons. The lowest BCUT2D eigenvalue weighted by molar-refractivity contribution is 0.122. The third-order valence-electron chi connectivity index (χ3n) is 5.49. The maximum Gasteiger partial charge on any atom is 0.227 e. The molecule has 8 heteroatoms. The van der Waals surface area contributed by atoms with Crippen LogP contribution in [0.2, 0.25) is 0 Å². The predicted octanol–water partition coefficient (Wildman–Crippen LogP) is 1.03. The van der Waals surface area contributed by atoms with E-state index < -0.39 is 0 Å². The van der Waals surface area contributed by atoms with Crippen LogP contribution in [0.1, 0.15) is 12.0 Å². The normalized spacial score (nSPS) is 21.0. The Hall–Kier alpha value is -2.19. The molecule has 27 heavy (non-hydrogen) atoms. The molecule has 2 aromatic heterocycles. The Balaban J connectivity index is 1.33. The predicted molar refractivity (Wildman–Crippen MR) is 105 cm³/mol. The first kappa shape index (κ1) is 18.2. The van der Waals surface area contributed by atoms with Crippen molar-refractivity contribution in [1.29, 1.82) is 0 Å². The highest BCUT2D eigenvalue weighted by Crippen LogP contribution is 2.21. The van der Waals surface area contributed by atoms with E-state index in [1.165, 1.54) is 5.56 Å². The summed E-state index contributed by atoms with van der Waals surface area (Å²) in [7, 11) is 2.15. The molecule has 0 saturated carbocycles. The van der Waals surface area contributed by atoms with E-state index in [-0.39, 0.29) is 0 Å². The molecule has 0 amide bonds. The van der Waals surface area contributed by atoms with Gasteiger partial charge in [-0.2, -0.15) is 10.1 Å². The van der Waals surface area contributed by atoms with Crippen molar-refractivity contribution in [1.82, 2.24) is 24.6 Å². The minimum absolute atomic E-state index is 0.483. The van der Waals surface area contributed by atoms with Crippen molar-refractivity contribution in [2.24, 2.45) is 0 Å². The molecule has 4 heterocycles. The van der Waals surface area contributed by atoms with Crippen LogP contribution in [0.4, 0.5) is 11.8 Å². The zero-order valence-corrected chi connectivity index (χ0v) is 16.3. The van der Waals surface area contributed by atoms with E-state index >= 15 is 0 Å². The SMILES string of the molecule is Cc1cnn(CCN2CCC(N(C)c3ccnc(N4CCOCC4)n3)C2)c1. The Morgan fingerprint density at radius 2 is 2.07 bits per heavy atom. The Kier molecular flexibility index (Phi) is 5.54. The average Bonchev–Trinajstić information content (AvgIpc) is 3.35. The number of aryl methyl sites for hydroxylation is 1. The zero-order valence-electron chi connectivity index (χ0n) is 16.3. The first-order chi connectivity index (χ1) is 13.2. The number of ether oxygens (including phenoxy) is 1. The minimum atomic E-state index is 0.483. The highest BCUT2D eigenvalue weighted by Gasteiger charge is 2.27. The summed E-state index contributed by atoms with van der Waals surface area (Å²) in [5.41, 5.74) is 1.22. The van der Waals surface area contributed by atoms with Gasteiger partial charge in [0, 0.05) is 58.2 Å². The maximum absolute atomic E-state index is 5.43. The van der Waals surface area contributed by atoms with Gasteiger partial charge >= 0.3 is 0 Å². The zero-order chi connectivity index (χ0) is 18.6. The fourth-order valence-corrected chi connectivity index (χ4v) is 3.80. The molecular weight excluding hydrogens is 342 g/mol. The first-order valence-electron chi connectivity index (χ1n) is 9.79. The van der Waals surface area contributed by atoms with Gasteiger partial charge in [-0.25, -0.2) is 4.98 Å². The molecule has 0 bridgehead atoms. The summed E-state index contributed by atoms with van der Waals surface area (Å²) < 4.78 is 7.46. The topological polar surface area (TPSA) is 62.6 Å². The van der Waals surface area contributed by atoms with E-state index in [0.717, 1.165) is 70.7 Å². The number of rotatable bonds is 6. The van der Waals surface area contributed by atoms with Gasteiger partial charge in [0.05, 0.1) is 26.0 Å². The summed E-state index contributed by atoms with van der Waals surface area (Å²) >= 11 is 0. The van der Waals surface area contributed by atoms with E-state index in [0.29, 0.717) is 6.04 Å². The third kappa shape index (κ3) is 4.39. The van der Waals surface area contributed by atoms with Gasteiger partial charge in [0.25, 0.3) is 0 Å². The summed E-state index contributed by atoms with van der Waals surface area (Å²) in [5.74, 6) is 1.81. The largest absolute Gasteiger partial charge is 0.378 e. The van der Waals surface area contributed by atoms with E-state index in [1.54, 1.807) is 0 Å². The summed E-state index contributed by atoms with van der Waals surface area (Å²) in [6, 6.07) is 2.50. The van der Waals surface area contributed by atoms with Crippen molar-refractivity contribution in [3.05, 3.63) is 30.2 Å². The lowest BCUT2D eigenvalue weighted by Gasteiger charge is -2.29. The van der Waals surface area contributed by atoms with Crippen LogP contribution in [0.3, 0.4) is 0 Å². The number of aromatic nitrogens is 4. The summed E-state index contributed by atoms with van der Waals surface area (Å²) in [6.07, 6.45) is 7.05. The molecule has 2 aliphatic heterocycles. The molecule has 0 spiro atoms. The van der Waals surface area contributed by atoms with Crippen molar-refractivity contribution in [3.63, 3.8) is 0 Å². The summed E-state index contributed by atoms with van der Waals surface area (Å²) in [6.45, 7) is 9.46. The summed E-state index contributed by atoms with van der Waals surface area (Å²) in [4.78, 5) is 16.3. The monoisotopic (exact) mass is 371 g/mol. The molecule has 8 nitrogen and oxygen atoms in total. The van der Waals surface area contributed by atoms with E-state index in [2.05, 4.69) is 45.0 Å². The molecule has 2 saturated heterocycles. The molecule has 2 fully saturated rings.